The van der Waals surface area contributed by atoms with Gasteiger partial charge in [0, 0.05) is 13.1 Å². The predicted molar refractivity (Wildman–Crippen MR) is 83.1 cm³/mol. The molecular weight excluding hydrogens is 248 g/mol. The van der Waals surface area contributed by atoms with E-state index in [2.05, 4.69) is 22.1 Å². The summed E-state index contributed by atoms with van der Waals surface area (Å²) in [7, 11) is 2.03. The van der Waals surface area contributed by atoms with E-state index in [-0.39, 0.29) is 0 Å². The van der Waals surface area contributed by atoms with E-state index in [9.17, 15) is 0 Å². The molecular formula is C16H22N4. The fourth-order valence-electron chi connectivity index (χ4n) is 3.02. The summed E-state index contributed by atoms with van der Waals surface area (Å²) in [6, 6.07) is 8.10. The number of nitrogens with one attached hydrogen (secondary N) is 1. The van der Waals surface area contributed by atoms with Gasteiger partial charge in [0.1, 0.15) is 0 Å². The molecule has 1 N–H and O–H groups in total. The normalized spacial score (nSPS) is 16.8. The molecule has 0 spiro atoms. The molecule has 0 radical (unpaired) electrons. The number of benzene rings is 1. The quantitative estimate of drug-likeness (QED) is 0.929. The van der Waals surface area contributed by atoms with Crippen LogP contribution in [0.15, 0.2) is 24.3 Å². The van der Waals surface area contributed by atoms with Crippen molar-refractivity contribution in [3.63, 3.8) is 0 Å². The fraction of sp³-hybridized carbons (Fsp3) is 0.500. The third-order valence-corrected chi connectivity index (χ3v) is 4.13. The number of aryl methyl sites for hydroxylation is 1. The molecule has 1 aromatic carbocycles. The molecule has 0 aliphatic carbocycles. The van der Waals surface area contributed by atoms with E-state index in [1.807, 2.05) is 31.3 Å². The van der Waals surface area contributed by atoms with Crippen LogP contribution in [0.3, 0.4) is 0 Å². The van der Waals surface area contributed by atoms with Gasteiger partial charge < -0.3 is 10.2 Å². The topological polar surface area (TPSA) is 41.0 Å². The first-order chi connectivity index (χ1) is 9.78. The lowest BCUT2D eigenvalue weighted by atomic mass is 9.97. The number of rotatable bonds is 3. The van der Waals surface area contributed by atoms with Crippen molar-refractivity contribution in [3.8, 4) is 0 Å². The first kappa shape index (κ1) is 13.3. The van der Waals surface area contributed by atoms with Crippen LogP contribution in [0.4, 0.5) is 5.82 Å². The largest absolute Gasteiger partial charge is 0.355 e. The minimum atomic E-state index is 0.796. The van der Waals surface area contributed by atoms with Gasteiger partial charge in [-0.2, -0.15) is 0 Å². The summed E-state index contributed by atoms with van der Waals surface area (Å²) in [5.41, 5.74) is 3.01. The van der Waals surface area contributed by atoms with Crippen LogP contribution >= 0.6 is 0 Å². The molecule has 0 saturated carbocycles. The first-order valence-electron chi connectivity index (χ1n) is 7.41. The average molecular weight is 270 g/mol. The Hall–Kier alpha value is -1.68. The maximum atomic E-state index is 4.82. The van der Waals surface area contributed by atoms with Crippen molar-refractivity contribution in [1.82, 2.24) is 15.3 Å². The van der Waals surface area contributed by atoms with E-state index in [4.69, 9.17) is 4.98 Å². The summed E-state index contributed by atoms with van der Waals surface area (Å²) in [5, 5.41) is 3.28. The zero-order valence-electron chi connectivity index (χ0n) is 12.3. The maximum absolute atomic E-state index is 4.82. The standard InChI is InChI=1S/C16H22N4/c1-12-16(19-15-6-4-3-5-14(15)18-12)20-9-7-13(8-10-20)11-17-2/h3-6,13,17H,7-11H2,1-2H3. The summed E-state index contributed by atoms with van der Waals surface area (Å²) in [6.07, 6.45) is 2.46. The molecule has 106 valence electrons. The minimum Gasteiger partial charge on any atom is -0.355 e. The van der Waals surface area contributed by atoms with Gasteiger partial charge in [-0.05, 0) is 51.4 Å². The van der Waals surface area contributed by atoms with E-state index in [0.717, 1.165) is 48.1 Å². The molecule has 1 fully saturated rings. The molecule has 3 rings (SSSR count). The Morgan fingerprint density at radius 3 is 2.45 bits per heavy atom. The van der Waals surface area contributed by atoms with Crippen LogP contribution in [0.5, 0.6) is 0 Å². The molecule has 0 bridgehead atoms. The number of aromatic nitrogens is 2. The minimum absolute atomic E-state index is 0.796. The third-order valence-electron chi connectivity index (χ3n) is 4.13. The van der Waals surface area contributed by atoms with Crippen molar-refractivity contribution < 1.29 is 0 Å². The fourth-order valence-corrected chi connectivity index (χ4v) is 3.02. The molecule has 4 nitrogen and oxygen atoms in total. The SMILES string of the molecule is CNCC1CCN(c2nc3ccccc3nc2C)CC1. The molecule has 1 saturated heterocycles. The number of fused-ring (bicyclic) bond motifs is 1. The van der Waals surface area contributed by atoms with Gasteiger partial charge in [0.05, 0.1) is 16.7 Å². The summed E-state index contributed by atoms with van der Waals surface area (Å²) < 4.78 is 0. The van der Waals surface area contributed by atoms with Gasteiger partial charge in [-0.25, -0.2) is 9.97 Å². The van der Waals surface area contributed by atoms with Crippen molar-refractivity contribution in [2.45, 2.75) is 19.8 Å². The van der Waals surface area contributed by atoms with Crippen LogP contribution in [-0.4, -0.2) is 36.6 Å². The number of para-hydroxylation sites is 2. The zero-order valence-corrected chi connectivity index (χ0v) is 12.3. The van der Waals surface area contributed by atoms with Gasteiger partial charge in [0.2, 0.25) is 0 Å². The molecule has 1 aromatic heterocycles. The molecule has 1 aliphatic rings. The van der Waals surface area contributed by atoms with Crippen molar-refractivity contribution in [3.05, 3.63) is 30.0 Å². The molecule has 2 heterocycles. The van der Waals surface area contributed by atoms with Crippen LogP contribution in [0, 0.1) is 12.8 Å². The molecule has 0 amide bonds. The van der Waals surface area contributed by atoms with Gasteiger partial charge in [-0.15, -0.1) is 0 Å². The van der Waals surface area contributed by atoms with Crippen LogP contribution < -0.4 is 10.2 Å². The van der Waals surface area contributed by atoms with Crippen molar-refractivity contribution in [2.24, 2.45) is 5.92 Å². The summed E-state index contributed by atoms with van der Waals surface area (Å²) in [6.45, 7) is 5.35. The molecule has 20 heavy (non-hydrogen) atoms. The van der Waals surface area contributed by atoms with Gasteiger partial charge in [-0.1, -0.05) is 12.1 Å². The number of hydrogen-bond donors (Lipinski definition) is 1. The van der Waals surface area contributed by atoms with Crippen molar-refractivity contribution >= 4 is 16.9 Å². The summed E-state index contributed by atoms with van der Waals surface area (Å²) in [5.74, 6) is 1.86. The zero-order chi connectivity index (χ0) is 13.9. The average Bonchev–Trinajstić information content (AvgIpc) is 2.48. The predicted octanol–water partition coefficient (Wildman–Crippen LogP) is 2.37. The summed E-state index contributed by atoms with van der Waals surface area (Å²) in [4.78, 5) is 11.9. The second-order valence-corrected chi connectivity index (χ2v) is 5.61. The van der Waals surface area contributed by atoms with Gasteiger partial charge in [0.25, 0.3) is 0 Å². The van der Waals surface area contributed by atoms with E-state index in [1.165, 1.54) is 12.8 Å². The Bertz CT molecular complexity index is 588. The number of anilines is 1. The second kappa shape index (κ2) is 5.75. The third kappa shape index (κ3) is 2.61. The Morgan fingerprint density at radius 2 is 1.80 bits per heavy atom. The number of hydrogen-bond acceptors (Lipinski definition) is 4. The Labute approximate surface area is 120 Å². The van der Waals surface area contributed by atoms with Gasteiger partial charge >= 0.3 is 0 Å². The van der Waals surface area contributed by atoms with E-state index >= 15 is 0 Å². The van der Waals surface area contributed by atoms with E-state index in [1.54, 1.807) is 0 Å². The van der Waals surface area contributed by atoms with Crippen molar-refractivity contribution in [1.29, 1.82) is 0 Å². The highest BCUT2D eigenvalue weighted by Crippen LogP contribution is 2.25. The monoisotopic (exact) mass is 270 g/mol. The molecule has 2 aromatic rings. The van der Waals surface area contributed by atoms with Crippen molar-refractivity contribution in [2.75, 3.05) is 31.6 Å². The number of nitrogens with zero attached hydrogens (tertiary/aromatic N) is 3. The summed E-state index contributed by atoms with van der Waals surface area (Å²) >= 11 is 0. The molecule has 4 heteroatoms. The van der Waals surface area contributed by atoms with E-state index in [0.29, 0.717) is 0 Å². The second-order valence-electron chi connectivity index (χ2n) is 5.61. The Morgan fingerprint density at radius 1 is 1.15 bits per heavy atom. The van der Waals surface area contributed by atoms with E-state index < -0.39 is 0 Å². The molecule has 0 unspecified atom stereocenters. The van der Waals surface area contributed by atoms with Crippen LogP contribution in [0.2, 0.25) is 0 Å². The lowest BCUT2D eigenvalue weighted by Gasteiger charge is -2.33. The lowest BCUT2D eigenvalue weighted by molar-refractivity contribution is 0.392. The lowest BCUT2D eigenvalue weighted by Crippen LogP contribution is -2.37. The highest BCUT2D eigenvalue weighted by atomic mass is 15.2. The van der Waals surface area contributed by atoms with Gasteiger partial charge in [-0.3, -0.25) is 0 Å². The van der Waals surface area contributed by atoms with Crippen LogP contribution in [0.1, 0.15) is 18.5 Å². The van der Waals surface area contributed by atoms with Crippen LogP contribution in [0.25, 0.3) is 11.0 Å². The van der Waals surface area contributed by atoms with Crippen LogP contribution in [-0.2, 0) is 0 Å². The maximum Gasteiger partial charge on any atom is 0.150 e. The number of piperidine rings is 1. The smallest absolute Gasteiger partial charge is 0.150 e. The first-order valence-corrected chi connectivity index (χ1v) is 7.41. The molecule has 1 aliphatic heterocycles. The Balaban J connectivity index is 1.82. The van der Waals surface area contributed by atoms with Gasteiger partial charge in [0.15, 0.2) is 5.82 Å². The molecule has 0 atom stereocenters. The highest BCUT2D eigenvalue weighted by Gasteiger charge is 2.21. The highest BCUT2D eigenvalue weighted by molar-refractivity contribution is 5.76. The Kier molecular flexibility index (Phi) is 3.83.